The van der Waals surface area contributed by atoms with Gasteiger partial charge >= 0.3 is 0 Å². The molecule has 0 radical (unpaired) electrons. The van der Waals surface area contributed by atoms with Crippen LogP contribution in [0.25, 0.3) is 6.08 Å². The summed E-state index contributed by atoms with van der Waals surface area (Å²) in [6, 6.07) is 20.8. The minimum atomic E-state index is -0.615. The van der Waals surface area contributed by atoms with E-state index in [-0.39, 0.29) is 11.5 Å². The lowest BCUT2D eigenvalue weighted by atomic mass is 9.93. The Hall–Kier alpha value is -4.17. The monoisotopic (exact) mass is 580 g/mol. The molecular weight excluding hydrogens is 544 g/mol. The molecule has 1 fully saturated rings. The molecule has 8 heteroatoms. The first kappa shape index (κ1) is 28.0. The number of thiazole rings is 1. The molecule has 1 atom stereocenters. The van der Waals surface area contributed by atoms with Crippen LogP contribution in [-0.2, 0) is 4.79 Å². The van der Waals surface area contributed by atoms with Crippen LogP contribution in [0.3, 0.4) is 0 Å². The zero-order chi connectivity index (χ0) is 29.4. The summed E-state index contributed by atoms with van der Waals surface area (Å²) in [6.45, 7) is 10.4. The Balaban J connectivity index is 1.41. The number of rotatable bonds is 6. The highest BCUT2D eigenvalue weighted by Gasteiger charge is 2.32. The summed E-state index contributed by atoms with van der Waals surface area (Å²) in [5.74, 6) is 2.28. The van der Waals surface area contributed by atoms with Crippen molar-refractivity contribution in [3.63, 3.8) is 0 Å². The van der Waals surface area contributed by atoms with Gasteiger partial charge in [0.1, 0.15) is 5.76 Å². The first-order valence-electron chi connectivity index (χ1n) is 14.6. The smallest absolute Gasteiger partial charge is 0.271 e. The third-order valence-corrected chi connectivity index (χ3v) is 9.18. The SMILES string of the molecule is CC1=C(C(=O)Nc2ccccc2)[C@@H](c2ccc(C(C)C)cc2)n2c(s/c(=C/c3ccc(N4CCC(C)CC4)o3)c2=O)=N1. The second kappa shape index (κ2) is 11.6. The number of carbonyl (C=O) groups is 1. The third kappa shape index (κ3) is 5.51. The predicted molar refractivity (Wildman–Crippen MR) is 169 cm³/mol. The van der Waals surface area contributed by atoms with E-state index in [1.165, 1.54) is 16.9 Å². The zero-order valence-electron chi connectivity index (χ0n) is 24.5. The maximum atomic E-state index is 14.0. The lowest BCUT2D eigenvalue weighted by molar-refractivity contribution is -0.113. The van der Waals surface area contributed by atoms with Gasteiger partial charge in [-0.25, -0.2) is 4.99 Å². The Bertz CT molecular complexity index is 1800. The van der Waals surface area contributed by atoms with Crippen LogP contribution in [0.2, 0.25) is 0 Å². The van der Waals surface area contributed by atoms with E-state index < -0.39 is 6.04 Å². The first-order valence-corrected chi connectivity index (χ1v) is 15.4. The predicted octanol–water partition coefficient (Wildman–Crippen LogP) is 5.83. The molecule has 2 aliphatic heterocycles. The second-order valence-electron chi connectivity index (χ2n) is 11.6. The molecule has 0 unspecified atom stereocenters. The average Bonchev–Trinajstić information content (AvgIpc) is 3.57. The number of carbonyl (C=O) groups excluding carboxylic acids is 1. The largest absolute Gasteiger partial charge is 0.441 e. The van der Waals surface area contributed by atoms with Crippen molar-refractivity contribution in [2.24, 2.45) is 10.9 Å². The van der Waals surface area contributed by atoms with E-state index in [4.69, 9.17) is 9.41 Å². The number of allylic oxidation sites excluding steroid dienone is 1. The molecule has 1 saturated heterocycles. The molecule has 2 aromatic heterocycles. The van der Waals surface area contributed by atoms with Crippen LogP contribution >= 0.6 is 11.3 Å². The molecule has 4 heterocycles. The molecule has 1 N–H and O–H groups in total. The van der Waals surface area contributed by atoms with Crippen LogP contribution in [0.15, 0.2) is 92.2 Å². The van der Waals surface area contributed by atoms with Gasteiger partial charge < -0.3 is 14.6 Å². The normalized spacial score (nSPS) is 17.9. The zero-order valence-corrected chi connectivity index (χ0v) is 25.3. The van der Waals surface area contributed by atoms with Crippen LogP contribution in [0.4, 0.5) is 11.6 Å². The number of anilines is 2. The standard InChI is InChI=1S/C34H36N4O3S/c1-21(2)24-10-12-25(13-11-24)31-30(32(39)36-26-8-6-5-7-9-26)23(4)35-34-38(31)33(40)28(42-34)20-27-14-15-29(41-27)37-18-16-22(3)17-19-37/h5-15,20-22,31H,16-19H2,1-4H3,(H,36,39)/b28-20+/t31-/m1/s1. The summed E-state index contributed by atoms with van der Waals surface area (Å²) in [5.41, 5.74) is 3.59. The number of nitrogens with one attached hydrogen (secondary N) is 1. The van der Waals surface area contributed by atoms with E-state index in [9.17, 15) is 9.59 Å². The summed E-state index contributed by atoms with van der Waals surface area (Å²) in [6.07, 6.45) is 4.08. The minimum absolute atomic E-state index is 0.195. The van der Waals surface area contributed by atoms with Gasteiger partial charge in [0.15, 0.2) is 10.7 Å². The number of hydrogen-bond donors (Lipinski definition) is 1. The Labute approximate surface area is 249 Å². The molecule has 0 aliphatic carbocycles. The van der Waals surface area contributed by atoms with Crippen LogP contribution < -0.4 is 25.1 Å². The summed E-state index contributed by atoms with van der Waals surface area (Å²) in [4.78, 5) is 35.4. The van der Waals surface area contributed by atoms with E-state index in [1.807, 2.05) is 61.5 Å². The Morgan fingerprint density at radius 2 is 1.76 bits per heavy atom. The van der Waals surface area contributed by atoms with E-state index in [0.717, 1.165) is 43.3 Å². The number of nitrogens with zero attached hydrogens (tertiary/aromatic N) is 3. The van der Waals surface area contributed by atoms with Gasteiger partial charge in [0.25, 0.3) is 11.5 Å². The molecule has 0 bridgehead atoms. The highest BCUT2D eigenvalue weighted by atomic mass is 32.1. The number of amides is 1. The van der Waals surface area contributed by atoms with E-state index in [2.05, 4.69) is 43.1 Å². The average molecular weight is 581 g/mol. The van der Waals surface area contributed by atoms with Crippen molar-refractivity contribution in [2.75, 3.05) is 23.3 Å². The maximum Gasteiger partial charge on any atom is 0.271 e. The first-order chi connectivity index (χ1) is 20.3. The fraction of sp³-hybridized carbons (Fsp3) is 0.324. The molecule has 0 spiro atoms. The number of benzene rings is 2. The van der Waals surface area contributed by atoms with Crippen LogP contribution in [-0.4, -0.2) is 23.6 Å². The highest BCUT2D eigenvalue weighted by molar-refractivity contribution is 7.07. The molecule has 0 saturated carbocycles. The van der Waals surface area contributed by atoms with Crippen molar-refractivity contribution < 1.29 is 9.21 Å². The van der Waals surface area contributed by atoms with Crippen LogP contribution in [0.5, 0.6) is 0 Å². The molecule has 6 rings (SSSR count). The molecular formula is C34H36N4O3S. The number of piperidine rings is 1. The second-order valence-corrected chi connectivity index (χ2v) is 12.6. The number of para-hydroxylation sites is 1. The highest BCUT2D eigenvalue weighted by Crippen LogP contribution is 2.32. The molecule has 1 amide bonds. The van der Waals surface area contributed by atoms with Gasteiger partial charge in [-0.05, 0) is 60.9 Å². The summed E-state index contributed by atoms with van der Waals surface area (Å²) in [5, 5.41) is 3.01. The summed E-state index contributed by atoms with van der Waals surface area (Å²) < 4.78 is 8.34. The molecule has 4 aromatic rings. The van der Waals surface area contributed by atoms with Crippen molar-refractivity contribution in [1.82, 2.24) is 4.57 Å². The fourth-order valence-corrected chi connectivity index (χ4v) is 6.68. The Kier molecular flexibility index (Phi) is 7.73. The van der Waals surface area contributed by atoms with Gasteiger partial charge in [-0.15, -0.1) is 0 Å². The molecule has 2 aromatic carbocycles. The topological polar surface area (TPSA) is 79.8 Å². The minimum Gasteiger partial charge on any atom is -0.441 e. The molecule has 216 valence electrons. The van der Waals surface area contributed by atoms with Gasteiger partial charge in [-0.1, -0.05) is 74.6 Å². The van der Waals surface area contributed by atoms with Gasteiger partial charge in [0.05, 0.1) is 21.8 Å². The fourth-order valence-electron chi connectivity index (χ4n) is 5.66. The van der Waals surface area contributed by atoms with Gasteiger partial charge in [-0.2, -0.15) is 0 Å². The molecule has 42 heavy (non-hydrogen) atoms. The lowest BCUT2D eigenvalue weighted by Gasteiger charge is -2.29. The Morgan fingerprint density at radius 3 is 2.45 bits per heavy atom. The summed E-state index contributed by atoms with van der Waals surface area (Å²) in [7, 11) is 0. The van der Waals surface area contributed by atoms with E-state index >= 15 is 0 Å². The molecule has 7 nitrogen and oxygen atoms in total. The number of fused-ring (bicyclic) bond motifs is 1. The van der Waals surface area contributed by atoms with Crippen LogP contribution in [0.1, 0.15) is 69.4 Å². The van der Waals surface area contributed by atoms with Crippen LogP contribution in [0, 0.1) is 5.92 Å². The summed E-state index contributed by atoms with van der Waals surface area (Å²) >= 11 is 1.32. The quantitative estimate of drug-likeness (QED) is 0.311. The van der Waals surface area contributed by atoms with Gasteiger partial charge in [-0.3, -0.25) is 14.2 Å². The van der Waals surface area contributed by atoms with Crippen molar-refractivity contribution in [1.29, 1.82) is 0 Å². The van der Waals surface area contributed by atoms with Gasteiger partial charge in [0.2, 0.25) is 0 Å². The van der Waals surface area contributed by atoms with E-state index in [1.54, 1.807) is 10.6 Å². The van der Waals surface area contributed by atoms with E-state index in [0.29, 0.717) is 38.0 Å². The number of hydrogen-bond acceptors (Lipinski definition) is 6. The lowest BCUT2D eigenvalue weighted by Crippen LogP contribution is -2.40. The maximum absolute atomic E-state index is 14.0. The number of furan rings is 1. The Morgan fingerprint density at radius 1 is 1.05 bits per heavy atom. The van der Waals surface area contributed by atoms with Crippen molar-refractivity contribution >= 4 is 34.9 Å². The van der Waals surface area contributed by atoms with Crippen molar-refractivity contribution in [2.45, 2.75) is 52.5 Å². The van der Waals surface area contributed by atoms with Gasteiger partial charge in [0, 0.05) is 30.9 Å². The number of aromatic nitrogens is 1. The van der Waals surface area contributed by atoms with Crippen molar-refractivity contribution in [3.8, 4) is 0 Å². The van der Waals surface area contributed by atoms with Crippen molar-refractivity contribution in [3.05, 3.63) is 115 Å². The molecule has 2 aliphatic rings. The third-order valence-electron chi connectivity index (χ3n) is 8.20.